The molecule has 1 heterocycles. The topological polar surface area (TPSA) is 44.5 Å². The molecule has 0 spiro atoms. The summed E-state index contributed by atoms with van der Waals surface area (Å²) in [6, 6.07) is 0. The fourth-order valence-electron chi connectivity index (χ4n) is 0.775. The molecule has 0 bridgehead atoms. The fraction of sp³-hybridized carbons (Fsp3) is 0.333. The van der Waals surface area contributed by atoms with Crippen molar-refractivity contribution in [1.82, 2.24) is 0 Å². The maximum atomic E-state index is 5.58. The lowest BCUT2D eigenvalue weighted by molar-refractivity contribution is 0.0948. The zero-order valence-corrected chi connectivity index (χ0v) is 6.95. The van der Waals surface area contributed by atoms with Gasteiger partial charge < -0.3 is 15.2 Å². The molecule has 3 nitrogen and oxygen atoms in total. The Balaban J connectivity index is 2.58. The van der Waals surface area contributed by atoms with Gasteiger partial charge in [-0.05, 0) is 18.2 Å². The molecule has 0 unspecified atom stereocenters. The third kappa shape index (κ3) is 3.25. The highest BCUT2D eigenvalue weighted by Gasteiger charge is 1.93. The first-order chi connectivity index (χ1) is 5.79. The highest BCUT2D eigenvalue weighted by Crippen LogP contribution is 2.00. The fourth-order valence-corrected chi connectivity index (χ4v) is 0.775. The van der Waals surface area contributed by atoms with Crippen LogP contribution in [0.4, 0.5) is 0 Å². The predicted molar refractivity (Wildman–Crippen MR) is 47.3 cm³/mol. The lowest BCUT2D eigenvalue weighted by atomic mass is 10.3. The van der Waals surface area contributed by atoms with Crippen LogP contribution in [0.15, 0.2) is 36.3 Å². The molecular weight excluding hydrogens is 154 g/mol. The Kier molecular flexibility index (Phi) is 3.41. The summed E-state index contributed by atoms with van der Waals surface area (Å²) in [5.74, 6) is 0.608. The van der Waals surface area contributed by atoms with E-state index in [4.69, 9.17) is 15.2 Å². The van der Waals surface area contributed by atoms with Crippen LogP contribution in [0.2, 0.25) is 0 Å². The van der Waals surface area contributed by atoms with Crippen molar-refractivity contribution in [3.05, 3.63) is 36.3 Å². The van der Waals surface area contributed by atoms with Gasteiger partial charge in [0.25, 0.3) is 0 Å². The van der Waals surface area contributed by atoms with Gasteiger partial charge in [0.15, 0.2) is 0 Å². The van der Waals surface area contributed by atoms with E-state index in [0.717, 1.165) is 0 Å². The normalized spacial score (nSPS) is 26.7. The molecule has 0 aromatic carbocycles. The predicted octanol–water partition coefficient (Wildman–Crippen LogP) is 0.946. The molecule has 0 saturated carbocycles. The van der Waals surface area contributed by atoms with Gasteiger partial charge in [0, 0.05) is 5.70 Å². The number of hydrogen-bond donors (Lipinski definition) is 1. The van der Waals surface area contributed by atoms with Gasteiger partial charge in [-0.1, -0.05) is 6.58 Å². The van der Waals surface area contributed by atoms with E-state index in [-0.39, 0.29) is 0 Å². The smallest absolute Gasteiger partial charge is 0.112 e. The Morgan fingerprint density at radius 1 is 1.33 bits per heavy atom. The molecule has 66 valence electrons. The summed E-state index contributed by atoms with van der Waals surface area (Å²) < 4.78 is 10.4. The van der Waals surface area contributed by atoms with E-state index < -0.39 is 0 Å². The number of rotatable bonds is 0. The molecule has 1 aliphatic heterocycles. The summed E-state index contributed by atoms with van der Waals surface area (Å²) in [5.41, 5.74) is 6.25. The van der Waals surface area contributed by atoms with Gasteiger partial charge in [0.05, 0.1) is 13.2 Å². The van der Waals surface area contributed by atoms with E-state index in [1.54, 1.807) is 12.2 Å². The van der Waals surface area contributed by atoms with Crippen molar-refractivity contribution in [2.75, 3.05) is 19.8 Å². The average molecular weight is 167 g/mol. The number of hydrogen-bond acceptors (Lipinski definition) is 3. The molecule has 1 aliphatic rings. The van der Waals surface area contributed by atoms with Gasteiger partial charge in [0.2, 0.25) is 0 Å². The van der Waals surface area contributed by atoms with Gasteiger partial charge in [0.1, 0.15) is 12.4 Å². The van der Waals surface area contributed by atoms with Crippen molar-refractivity contribution in [3.8, 4) is 0 Å². The third-order valence-corrected chi connectivity index (χ3v) is 1.41. The molecular formula is C9H13NO2. The van der Waals surface area contributed by atoms with Crippen molar-refractivity contribution in [2.45, 2.75) is 0 Å². The molecule has 0 amide bonds. The summed E-state index contributed by atoms with van der Waals surface area (Å²) in [7, 11) is 0. The number of allylic oxidation sites excluding steroid dienone is 2. The molecule has 1 rings (SSSR count). The van der Waals surface area contributed by atoms with Crippen molar-refractivity contribution in [1.29, 1.82) is 0 Å². The van der Waals surface area contributed by atoms with Crippen molar-refractivity contribution >= 4 is 0 Å². The molecule has 0 aromatic heterocycles. The Hall–Kier alpha value is -1.22. The summed E-state index contributed by atoms with van der Waals surface area (Å²) in [5, 5.41) is 0. The monoisotopic (exact) mass is 167 g/mol. The lowest BCUT2D eigenvalue weighted by Gasteiger charge is -2.07. The van der Waals surface area contributed by atoms with Gasteiger partial charge in [-0.2, -0.15) is 0 Å². The second-order valence-corrected chi connectivity index (χ2v) is 2.43. The highest BCUT2D eigenvalue weighted by atomic mass is 16.5. The van der Waals surface area contributed by atoms with Crippen LogP contribution in [0.25, 0.3) is 0 Å². The summed E-state index contributed by atoms with van der Waals surface area (Å²) in [6.07, 6.45) is 5.31. The van der Waals surface area contributed by atoms with Crippen LogP contribution in [0.3, 0.4) is 0 Å². The third-order valence-electron chi connectivity index (χ3n) is 1.41. The van der Waals surface area contributed by atoms with Crippen molar-refractivity contribution in [3.63, 3.8) is 0 Å². The van der Waals surface area contributed by atoms with E-state index in [1.807, 2.05) is 6.08 Å². The molecule has 2 N–H and O–H groups in total. The molecule has 0 aromatic rings. The van der Waals surface area contributed by atoms with Crippen LogP contribution in [-0.2, 0) is 9.47 Å². The van der Waals surface area contributed by atoms with Crippen molar-refractivity contribution in [2.24, 2.45) is 5.73 Å². The Labute approximate surface area is 72.2 Å². The van der Waals surface area contributed by atoms with E-state index in [1.165, 1.54) is 0 Å². The summed E-state index contributed by atoms with van der Waals surface area (Å²) in [6.45, 7) is 5.31. The van der Waals surface area contributed by atoms with Crippen LogP contribution in [0, 0.1) is 0 Å². The largest absolute Gasteiger partial charge is 0.492 e. The molecule has 12 heavy (non-hydrogen) atoms. The number of ether oxygens (including phenoxy) is 2. The van der Waals surface area contributed by atoms with E-state index >= 15 is 0 Å². The SMILES string of the molecule is C=C1/C=C\C(N)=C/COCCO1. The highest BCUT2D eigenvalue weighted by molar-refractivity contribution is 5.21. The molecule has 0 fully saturated rings. The maximum Gasteiger partial charge on any atom is 0.112 e. The Morgan fingerprint density at radius 3 is 3.00 bits per heavy atom. The van der Waals surface area contributed by atoms with Crippen molar-refractivity contribution < 1.29 is 9.47 Å². The molecule has 0 saturated heterocycles. The van der Waals surface area contributed by atoms with E-state index in [2.05, 4.69) is 6.58 Å². The summed E-state index contributed by atoms with van der Waals surface area (Å²) >= 11 is 0. The minimum absolute atomic E-state index is 0.534. The standard InChI is InChI=1S/C9H13NO2/c1-8-2-3-9(10)4-5-11-6-7-12-8/h2-4H,1,5-7,10H2/b3-2-,9-4+. The molecule has 0 aliphatic carbocycles. The zero-order valence-electron chi connectivity index (χ0n) is 6.95. The average Bonchev–Trinajstić information content (AvgIpc) is 2.07. The second kappa shape index (κ2) is 4.62. The van der Waals surface area contributed by atoms with E-state index in [9.17, 15) is 0 Å². The molecule has 0 radical (unpaired) electrons. The van der Waals surface area contributed by atoms with Gasteiger partial charge in [-0.3, -0.25) is 0 Å². The molecule has 3 heteroatoms. The maximum absolute atomic E-state index is 5.58. The number of nitrogens with two attached hydrogens (primary N) is 1. The van der Waals surface area contributed by atoms with E-state index in [0.29, 0.717) is 31.3 Å². The van der Waals surface area contributed by atoms with Crippen LogP contribution >= 0.6 is 0 Å². The second-order valence-electron chi connectivity index (χ2n) is 2.43. The van der Waals surface area contributed by atoms with Gasteiger partial charge >= 0.3 is 0 Å². The first-order valence-electron chi connectivity index (χ1n) is 3.82. The van der Waals surface area contributed by atoms with Crippen LogP contribution in [0.1, 0.15) is 0 Å². The van der Waals surface area contributed by atoms with Gasteiger partial charge in [-0.15, -0.1) is 0 Å². The Bertz CT molecular complexity index is 219. The summed E-state index contributed by atoms with van der Waals surface area (Å²) in [4.78, 5) is 0. The van der Waals surface area contributed by atoms with Crippen LogP contribution < -0.4 is 5.73 Å². The van der Waals surface area contributed by atoms with Gasteiger partial charge in [-0.25, -0.2) is 0 Å². The minimum Gasteiger partial charge on any atom is -0.492 e. The van der Waals surface area contributed by atoms with Crippen LogP contribution in [0.5, 0.6) is 0 Å². The lowest BCUT2D eigenvalue weighted by Crippen LogP contribution is -2.06. The quantitative estimate of drug-likeness (QED) is 0.584. The minimum atomic E-state index is 0.534. The molecule has 0 atom stereocenters. The van der Waals surface area contributed by atoms with Crippen LogP contribution in [-0.4, -0.2) is 19.8 Å². The zero-order chi connectivity index (χ0) is 8.81. The first kappa shape index (κ1) is 8.87. The Morgan fingerprint density at radius 2 is 2.17 bits per heavy atom. The first-order valence-corrected chi connectivity index (χ1v) is 3.82.